The number of carbonyl (C=O) groups excluding carboxylic acids is 1. The van der Waals surface area contributed by atoms with Crippen LogP contribution < -0.4 is 5.46 Å². The minimum atomic E-state index is -1.63. The van der Waals surface area contributed by atoms with Crippen LogP contribution in [0.1, 0.15) is 15.9 Å². The highest BCUT2D eigenvalue weighted by molar-refractivity contribution is 7.80. The van der Waals surface area contributed by atoms with Crippen LogP contribution >= 0.6 is 12.6 Å². The molecule has 0 amide bonds. The number of rotatable bonds is 2. The number of hydrogen-bond donors (Lipinski definition) is 3. The normalized spacial score (nSPS) is 9.93. The van der Waals surface area contributed by atoms with Gasteiger partial charge in [0.05, 0.1) is 12.7 Å². The van der Waals surface area contributed by atoms with Crippen molar-refractivity contribution in [1.82, 2.24) is 0 Å². The Balaban J connectivity index is 3.31. The van der Waals surface area contributed by atoms with Crippen molar-refractivity contribution >= 4 is 31.2 Å². The van der Waals surface area contributed by atoms with E-state index in [-0.39, 0.29) is 11.0 Å². The minimum Gasteiger partial charge on any atom is -0.465 e. The second kappa shape index (κ2) is 4.70. The van der Waals surface area contributed by atoms with Gasteiger partial charge < -0.3 is 14.8 Å². The maximum absolute atomic E-state index is 11.3. The van der Waals surface area contributed by atoms with Gasteiger partial charge in [0.2, 0.25) is 0 Å². The molecule has 0 heterocycles. The topological polar surface area (TPSA) is 66.8 Å². The summed E-state index contributed by atoms with van der Waals surface area (Å²) in [6.07, 6.45) is 0. The van der Waals surface area contributed by atoms with Crippen LogP contribution in [0.2, 0.25) is 0 Å². The average molecular weight is 226 g/mol. The molecule has 0 atom stereocenters. The summed E-state index contributed by atoms with van der Waals surface area (Å²) in [5.74, 6) is -0.523. The summed E-state index contributed by atoms with van der Waals surface area (Å²) in [5.41, 5.74) is 1.15. The van der Waals surface area contributed by atoms with Gasteiger partial charge in [-0.15, -0.1) is 12.6 Å². The van der Waals surface area contributed by atoms with Crippen LogP contribution in [0.25, 0.3) is 0 Å². The molecule has 1 rings (SSSR count). The maximum Gasteiger partial charge on any atom is 0.488 e. The van der Waals surface area contributed by atoms with Crippen LogP contribution in [0, 0.1) is 6.92 Å². The summed E-state index contributed by atoms with van der Waals surface area (Å²) in [6, 6.07) is 2.88. The lowest BCUT2D eigenvalue weighted by molar-refractivity contribution is 0.0599. The van der Waals surface area contributed by atoms with Crippen molar-refractivity contribution in [3.8, 4) is 0 Å². The molecule has 1 aromatic rings. The quantitative estimate of drug-likeness (QED) is 0.369. The largest absolute Gasteiger partial charge is 0.488 e. The van der Waals surface area contributed by atoms with Crippen LogP contribution in [-0.2, 0) is 4.74 Å². The Morgan fingerprint density at radius 2 is 2.07 bits per heavy atom. The standard InChI is InChI=1S/C9H11BO4S/c1-5-7(9(11)14-2)3-6(10(12)13)4-8(5)15/h3-4,12-13,15H,1-2H3. The Bertz CT molecular complexity index is 392. The highest BCUT2D eigenvalue weighted by Gasteiger charge is 2.18. The molecule has 0 aliphatic rings. The van der Waals surface area contributed by atoms with E-state index < -0.39 is 13.1 Å². The fourth-order valence-electron chi connectivity index (χ4n) is 1.19. The van der Waals surface area contributed by atoms with Crippen molar-refractivity contribution in [1.29, 1.82) is 0 Å². The fraction of sp³-hybridized carbons (Fsp3) is 0.222. The SMILES string of the molecule is COC(=O)c1cc(B(O)O)cc(S)c1C. The fourth-order valence-corrected chi connectivity index (χ4v) is 1.46. The molecule has 80 valence electrons. The smallest absolute Gasteiger partial charge is 0.465 e. The van der Waals surface area contributed by atoms with E-state index in [9.17, 15) is 4.79 Å². The zero-order chi connectivity index (χ0) is 11.6. The summed E-state index contributed by atoms with van der Waals surface area (Å²) in [5, 5.41) is 18.0. The molecular formula is C9H11BO4S. The molecule has 0 aliphatic heterocycles. The van der Waals surface area contributed by atoms with Gasteiger partial charge in [-0.25, -0.2) is 4.79 Å². The van der Waals surface area contributed by atoms with Crippen molar-refractivity contribution in [3.63, 3.8) is 0 Å². The molecule has 0 aromatic heterocycles. The molecule has 6 heteroatoms. The molecule has 0 aliphatic carbocycles. The number of methoxy groups -OCH3 is 1. The van der Waals surface area contributed by atoms with Gasteiger partial charge in [0.25, 0.3) is 0 Å². The van der Waals surface area contributed by atoms with E-state index in [1.165, 1.54) is 19.2 Å². The van der Waals surface area contributed by atoms with Crippen LogP contribution in [-0.4, -0.2) is 30.2 Å². The summed E-state index contributed by atoms with van der Waals surface area (Å²) in [6.45, 7) is 1.71. The molecule has 0 bridgehead atoms. The van der Waals surface area contributed by atoms with Gasteiger partial charge in [-0.1, -0.05) is 0 Å². The Kier molecular flexibility index (Phi) is 3.79. The molecule has 0 unspecified atom stereocenters. The van der Waals surface area contributed by atoms with Crippen LogP contribution in [0.15, 0.2) is 17.0 Å². The summed E-state index contributed by atoms with van der Waals surface area (Å²) in [4.78, 5) is 11.9. The second-order valence-corrected chi connectivity index (χ2v) is 3.56. The molecule has 0 saturated carbocycles. The Morgan fingerprint density at radius 3 is 2.53 bits per heavy atom. The highest BCUT2D eigenvalue weighted by atomic mass is 32.1. The van der Waals surface area contributed by atoms with Gasteiger partial charge >= 0.3 is 13.1 Å². The first kappa shape index (κ1) is 12.1. The molecule has 0 saturated heterocycles. The van der Waals surface area contributed by atoms with E-state index >= 15 is 0 Å². The lowest BCUT2D eigenvalue weighted by Crippen LogP contribution is -2.31. The van der Waals surface area contributed by atoms with Crippen LogP contribution in [0.3, 0.4) is 0 Å². The van der Waals surface area contributed by atoms with Crippen LogP contribution in [0.5, 0.6) is 0 Å². The lowest BCUT2D eigenvalue weighted by Gasteiger charge is -2.09. The van der Waals surface area contributed by atoms with Crippen molar-refractivity contribution in [2.24, 2.45) is 0 Å². The van der Waals surface area contributed by atoms with E-state index in [0.29, 0.717) is 10.5 Å². The lowest BCUT2D eigenvalue weighted by atomic mass is 9.79. The van der Waals surface area contributed by atoms with Crippen molar-refractivity contribution < 1.29 is 19.6 Å². The van der Waals surface area contributed by atoms with E-state index in [4.69, 9.17) is 10.0 Å². The van der Waals surface area contributed by atoms with Crippen molar-refractivity contribution in [2.75, 3.05) is 7.11 Å². The van der Waals surface area contributed by atoms with Gasteiger partial charge in [0.1, 0.15) is 0 Å². The number of ether oxygens (including phenoxy) is 1. The van der Waals surface area contributed by atoms with E-state index in [0.717, 1.165) is 0 Å². The van der Waals surface area contributed by atoms with E-state index in [1.807, 2.05) is 0 Å². The number of benzene rings is 1. The summed E-state index contributed by atoms with van der Waals surface area (Å²) in [7, 11) is -0.359. The number of thiol groups is 1. The Morgan fingerprint density at radius 1 is 1.47 bits per heavy atom. The number of esters is 1. The Hall–Kier alpha value is -0.975. The first-order chi connectivity index (χ1) is 6.97. The third kappa shape index (κ3) is 2.53. The predicted molar refractivity (Wildman–Crippen MR) is 59.6 cm³/mol. The van der Waals surface area contributed by atoms with Gasteiger partial charge in [-0.3, -0.25) is 0 Å². The summed E-state index contributed by atoms with van der Waals surface area (Å²) >= 11 is 4.14. The van der Waals surface area contributed by atoms with Crippen molar-refractivity contribution in [2.45, 2.75) is 11.8 Å². The third-order valence-corrected chi connectivity index (χ3v) is 2.57. The van der Waals surface area contributed by atoms with Gasteiger partial charge in [0.15, 0.2) is 0 Å². The molecule has 1 aromatic carbocycles. The Labute approximate surface area is 93.4 Å². The molecule has 2 N–H and O–H groups in total. The monoisotopic (exact) mass is 226 g/mol. The van der Waals surface area contributed by atoms with Gasteiger partial charge in [-0.2, -0.15) is 0 Å². The third-order valence-electron chi connectivity index (χ3n) is 2.11. The predicted octanol–water partition coefficient (Wildman–Crippen LogP) is -0.250. The van der Waals surface area contributed by atoms with Gasteiger partial charge in [0, 0.05) is 4.90 Å². The number of carbonyl (C=O) groups is 1. The number of hydrogen-bond acceptors (Lipinski definition) is 5. The van der Waals surface area contributed by atoms with Gasteiger partial charge in [-0.05, 0) is 30.1 Å². The van der Waals surface area contributed by atoms with E-state index in [2.05, 4.69) is 17.4 Å². The zero-order valence-electron chi connectivity index (χ0n) is 8.39. The van der Waals surface area contributed by atoms with Crippen molar-refractivity contribution in [3.05, 3.63) is 23.3 Å². The average Bonchev–Trinajstić information content (AvgIpc) is 2.20. The highest BCUT2D eigenvalue weighted by Crippen LogP contribution is 2.16. The maximum atomic E-state index is 11.3. The minimum absolute atomic E-state index is 0.214. The molecule has 0 radical (unpaired) electrons. The second-order valence-electron chi connectivity index (χ2n) is 3.08. The zero-order valence-corrected chi connectivity index (χ0v) is 9.28. The molecule has 15 heavy (non-hydrogen) atoms. The first-order valence-electron chi connectivity index (χ1n) is 4.25. The molecular weight excluding hydrogens is 215 g/mol. The van der Waals surface area contributed by atoms with Crippen LogP contribution in [0.4, 0.5) is 0 Å². The van der Waals surface area contributed by atoms with E-state index in [1.54, 1.807) is 6.92 Å². The molecule has 0 spiro atoms. The first-order valence-corrected chi connectivity index (χ1v) is 4.70. The summed E-state index contributed by atoms with van der Waals surface area (Å²) < 4.78 is 4.57. The molecule has 4 nitrogen and oxygen atoms in total. The molecule has 0 fully saturated rings.